The monoisotopic (exact) mass is 379 g/mol. The molecule has 0 bridgehead atoms. The lowest BCUT2D eigenvalue weighted by Crippen LogP contribution is -2.50. The quantitative estimate of drug-likeness (QED) is 0.786. The molecular weight excluding hydrogens is 354 g/mol. The van der Waals surface area contributed by atoms with Crippen LogP contribution in [-0.4, -0.2) is 60.2 Å². The summed E-state index contributed by atoms with van der Waals surface area (Å²) in [6, 6.07) is 7.63. The Balaban J connectivity index is 1.58. The van der Waals surface area contributed by atoms with Gasteiger partial charge in [0.2, 0.25) is 17.7 Å². The van der Waals surface area contributed by atoms with E-state index < -0.39 is 0 Å². The van der Waals surface area contributed by atoms with Crippen LogP contribution in [0.2, 0.25) is 5.02 Å². The van der Waals surface area contributed by atoms with Crippen LogP contribution in [0, 0.1) is 0 Å². The SMILES string of the molecule is CC(=O)N1CCN(C(=O)CCNC(=O)CCCc2cccc(Cl)c2)CC1. The summed E-state index contributed by atoms with van der Waals surface area (Å²) in [5, 5.41) is 3.50. The van der Waals surface area contributed by atoms with Crippen LogP contribution in [0.5, 0.6) is 0 Å². The fourth-order valence-corrected chi connectivity index (χ4v) is 3.18. The maximum atomic E-state index is 12.1. The Labute approximate surface area is 159 Å². The Morgan fingerprint density at radius 3 is 2.42 bits per heavy atom. The summed E-state index contributed by atoms with van der Waals surface area (Å²) in [5.41, 5.74) is 1.12. The molecule has 0 aromatic heterocycles. The first-order valence-electron chi connectivity index (χ1n) is 9.00. The Morgan fingerprint density at radius 2 is 1.77 bits per heavy atom. The predicted molar refractivity (Wildman–Crippen MR) is 101 cm³/mol. The summed E-state index contributed by atoms with van der Waals surface area (Å²) in [5.74, 6) is 0.0239. The van der Waals surface area contributed by atoms with Crippen molar-refractivity contribution in [1.29, 1.82) is 0 Å². The third-order valence-corrected chi connectivity index (χ3v) is 4.73. The maximum absolute atomic E-state index is 12.1. The molecule has 0 spiro atoms. The molecule has 26 heavy (non-hydrogen) atoms. The number of halogens is 1. The van der Waals surface area contributed by atoms with Gasteiger partial charge >= 0.3 is 0 Å². The lowest BCUT2D eigenvalue weighted by molar-refractivity contribution is -0.138. The molecule has 1 fully saturated rings. The molecule has 3 amide bonds. The molecule has 2 rings (SSSR count). The van der Waals surface area contributed by atoms with Crippen molar-refractivity contribution in [2.75, 3.05) is 32.7 Å². The van der Waals surface area contributed by atoms with Crippen molar-refractivity contribution in [2.24, 2.45) is 0 Å². The predicted octanol–water partition coefficient (Wildman–Crippen LogP) is 1.86. The Hall–Kier alpha value is -2.08. The van der Waals surface area contributed by atoms with E-state index in [0.717, 1.165) is 18.4 Å². The number of carbonyl (C=O) groups is 3. The number of piperazine rings is 1. The molecule has 6 nitrogen and oxygen atoms in total. The highest BCUT2D eigenvalue weighted by molar-refractivity contribution is 6.30. The standard InChI is InChI=1S/C19H26ClN3O3/c1-15(24)22-10-12-23(13-11-22)19(26)8-9-21-18(25)7-3-5-16-4-2-6-17(20)14-16/h2,4,6,14H,3,5,7-13H2,1H3,(H,21,25). The summed E-state index contributed by atoms with van der Waals surface area (Å²) in [7, 11) is 0. The number of carbonyl (C=O) groups excluding carboxylic acids is 3. The Kier molecular flexibility index (Phi) is 7.91. The molecule has 0 aliphatic carbocycles. The second-order valence-corrected chi connectivity index (χ2v) is 6.91. The molecule has 0 unspecified atom stereocenters. The maximum Gasteiger partial charge on any atom is 0.224 e. The highest BCUT2D eigenvalue weighted by atomic mass is 35.5. The smallest absolute Gasteiger partial charge is 0.224 e. The van der Waals surface area contributed by atoms with Gasteiger partial charge in [-0.3, -0.25) is 14.4 Å². The van der Waals surface area contributed by atoms with Crippen LogP contribution < -0.4 is 5.32 Å². The lowest BCUT2D eigenvalue weighted by Gasteiger charge is -2.34. The van der Waals surface area contributed by atoms with Gasteiger partial charge in [-0.2, -0.15) is 0 Å². The second-order valence-electron chi connectivity index (χ2n) is 6.47. The molecule has 1 aromatic rings. The van der Waals surface area contributed by atoms with Crippen LogP contribution >= 0.6 is 11.6 Å². The van der Waals surface area contributed by atoms with Crippen molar-refractivity contribution < 1.29 is 14.4 Å². The summed E-state index contributed by atoms with van der Waals surface area (Å²) in [4.78, 5) is 38.8. The van der Waals surface area contributed by atoms with Gasteiger partial charge in [0.15, 0.2) is 0 Å². The minimum absolute atomic E-state index is 0.0208. The second kappa shape index (κ2) is 10.2. The topological polar surface area (TPSA) is 69.7 Å². The van der Waals surface area contributed by atoms with E-state index >= 15 is 0 Å². The molecule has 1 aromatic carbocycles. The zero-order valence-electron chi connectivity index (χ0n) is 15.2. The molecule has 1 aliphatic heterocycles. The molecule has 1 N–H and O–H groups in total. The van der Waals surface area contributed by atoms with Gasteiger partial charge in [-0.25, -0.2) is 0 Å². The minimum atomic E-state index is -0.0405. The van der Waals surface area contributed by atoms with E-state index in [1.807, 2.05) is 24.3 Å². The van der Waals surface area contributed by atoms with Crippen molar-refractivity contribution in [2.45, 2.75) is 32.6 Å². The third-order valence-electron chi connectivity index (χ3n) is 4.50. The number of hydrogen-bond acceptors (Lipinski definition) is 3. The van der Waals surface area contributed by atoms with Crippen LogP contribution in [0.25, 0.3) is 0 Å². The molecule has 7 heteroatoms. The molecule has 1 aliphatic rings. The number of aryl methyl sites for hydroxylation is 1. The van der Waals surface area contributed by atoms with Gasteiger partial charge in [0, 0.05) is 57.5 Å². The molecule has 1 heterocycles. The average molecular weight is 380 g/mol. The van der Waals surface area contributed by atoms with E-state index in [4.69, 9.17) is 11.6 Å². The van der Waals surface area contributed by atoms with Crippen molar-refractivity contribution in [3.05, 3.63) is 34.9 Å². The van der Waals surface area contributed by atoms with E-state index in [9.17, 15) is 14.4 Å². The largest absolute Gasteiger partial charge is 0.356 e. The normalized spacial score (nSPS) is 14.2. The first-order valence-corrected chi connectivity index (χ1v) is 9.38. The van der Waals surface area contributed by atoms with Crippen molar-refractivity contribution in [1.82, 2.24) is 15.1 Å². The van der Waals surface area contributed by atoms with Gasteiger partial charge < -0.3 is 15.1 Å². The van der Waals surface area contributed by atoms with Gasteiger partial charge in [-0.1, -0.05) is 23.7 Å². The molecule has 1 saturated heterocycles. The minimum Gasteiger partial charge on any atom is -0.356 e. The first kappa shape index (κ1) is 20.2. The van der Waals surface area contributed by atoms with Crippen LogP contribution in [0.3, 0.4) is 0 Å². The van der Waals surface area contributed by atoms with Crippen LogP contribution in [0.1, 0.15) is 31.7 Å². The zero-order chi connectivity index (χ0) is 18.9. The van der Waals surface area contributed by atoms with E-state index in [0.29, 0.717) is 50.6 Å². The van der Waals surface area contributed by atoms with E-state index in [1.54, 1.807) is 16.7 Å². The van der Waals surface area contributed by atoms with Crippen molar-refractivity contribution in [3.8, 4) is 0 Å². The lowest BCUT2D eigenvalue weighted by atomic mass is 10.1. The number of hydrogen-bond donors (Lipinski definition) is 1. The van der Waals surface area contributed by atoms with Crippen LogP contribution in [0.4, 0.5) is 0 Å². The third kappa shape index (κ3) is 6.67. The van der Waals surface area contributed by atoms with Gasteiger partial charge in [0.05, 0.1) is 0 Å². The first-order chi connectivity index (χ1) is 12.5. The molecular formula is C19H26ClN3O3. The number of amides is 3. The summed E-state index contributed by atoms with van der Waals surface area (Å²) in [6.07, 6.45) is 2.26. The number of rotatable bonds is 7. The summed E-state index contributed by atoms with van der Waals surface area (Å²) in [6.45, 7) is 4.17. The van der Waals surface area contributed by atoms with E-state index in [2.05, 4.69) is 5.32 Å². The van der Waals surface area contributed by atoms with Crippen molar-refractivity contribution >= 4 is 29.3 Å². The fourth-order valence-electron chi connectivity index (χ4n) is 2.97. The van der Waals surface area contributed by atoms with Gasteiger partial charge in [0.25, 0.3) is 0 Å². The Bertz CT molecular complexity index is 643. The molecule has 0 saturated carbocycles. The molecule has 0 atom stereocenters. The highest BCUT2D eigenvalue weighted by Crippen LogP contribution is 2.12. The van der Waals surface area contributed by atoms with E-state index in [1.165, 1.54) is 0 Å². The fraction of sp³-hybridized carbons (Fsp3) is 0.526. The molecule has 0 radical (unpaired) electrons. The van der Waals surface area contributed by atoms with Gasteiger partial charge in [-0.15, -0.1) is 0 Å². The number of nitrogens with one attached hydrogen (secondary N) is 1. The van der Waals surface area contributed by atoms with Gasteiger partial charge in [0.1, 0.15) is 0 Å². The molecule has 142 valence electrons. The summed E-state index contributed by atoms with van der Waals surface area (Å²) < 4.78 is 0. The number of nitrogens with zero attached hydrogens (tertiary/aromatic N) is 2. The van der Waals surface area contributed by atoms with E-state index in [-0.39, 0.29) is 17.7 Å². The van der Waals surface area contributed by atoms with Crippen LogP contribution in [0.15, 0.2) is 24.3 Å². The van der Waals surface area contributed by atoms with Gasteiger partial charge in [-0.05, 0) is 30.5 Å². The van der Waals surface area contributed by atoms with Crippen molar-refractivity contribution in [3.63, 3.8) is 0 Å². The highest BCUT2D eigenvalue weighted by Gasteiger charge is 2.21. The Morgan fingerprint density at radius 1 is 1.08 bits per heavy atom. The summed E-state index contributed by atoms with van der Waals surface area (Å²) >= 11 is 5.94. The number of benzene rings is 1. The van der Waals surface area contributed by atoms with Crippen LogP contribution in [-0.2, 0) is 20.8 Å². The zero-order valence-corrected chi connectivity index (χ0v) is 15.9. The average Bonchev–Trinajstić information content (AvgIpc) is 2.62.